The van der Waals surface area contributed by atoms with Gasteiger partial charge in [-0.05, 0) is 49.2 Å². The van der Waals surface area contributed by atoms with Crippen LogP contribution in [0, 0.1) is 13.8 Å². The van der Waals surface area contributed by atoms with Crippen molar-refractivity contribution >= 4 is 28.7 Å². The average molecular weight is 247 g/mol. The molecule has 2 rings (SSSR count). The summed E-state index contributed by atoms with van der Waals surface area (Å²) in [5.41, 5.74) is 10.7. The molecule has 88 valence electrons. The van der Waals surface area contributed by atoms with Crippen LogP contribution in [0.2, 0.25) is 5.02 Å². The third kappa shape index (κ3) is 2.53. The van der Waals surface area contributed by atoms with Crippen molar-refractivity contribution in [2.45, 2.75) is 13.8 Å². The number of halogens is 1. The van der Waals surface area contributed by atoms with Gasteiger partial charge < -0.3 is 11.1 Å². The van der Waals surface area contributed by atoms with Crippen LogP contribution in [0.1, 0.15) is 11.1 Å². The first kappa shape index (κ1) is 11.8. The Morgan fingerprint density at radius 3 is 2.47 bits per heavy atom. The van der Waals surface area contributed by atoms with E-state index in [1.54, 1.807) is 0 Å². The van der Waals surface area contributed by atoms with Crippen molar-refractivity contribution in [3.8, 4) is 0 Å². The standard InChI is InChI=1S/C14H15ClN2/c1-9-4-3-5-12(15)14(9)17-13-7-6-11(16)8-10(13)2/h3-8,17H,16H2,1-2H3. The summed E-state index contributed by atoms with van der Waals surface area (Å²) < 4.78 is 0. The van der Waals surface area contributed by atoms with Gasteiger partial charge in [-0.2, -0.15) is 0 Å². The molecule has 3 heteroatoms. The summed E-state index contributed by atoms with van der Waals surface area (Å²) in [5, 5.41) is 4.07. The topological polar surface area (TPSA) is 38.0 Å². The van der Waals surface area contributed by atoms with Gasteiger partial charge in [0.2, 0.25) is 0 Å². The van der Waals surface area contributed by atoms with Crippen LogP contribution in [-0.2, 0) is 0 Å². The van der Waals surface area contributed by atoms with Crippen molar-refractivity contribution in [2.24, 2.45) is 0 Å². The van der Waals surface area contributed by atoms with Gasteiger partial charge in [-0.1, -0.05) is 23.7 Å². The Kier molecular flexibility index (Phi) is 3.25. The van der Waals surface area contributed by atoms with Crippen LogP contribution in [0.5, 0.6) is 0 Å². The molecule has 0 aliphatic carbocycles. The molecule has 0 aliphatic rings. The summed E-state index contributed by atoms with van der Waals surface area (Å²) in [7, 11) is 0. The van der Waals surface area contributed by atoms with Crippen LogP contribution in [0.25, 0.3) is 0 Å². The zero-order chi connectivity index (χ0) is 12.4. The summed E-state index contributed by atoms with van der Waals surface area (Å²) in [6.45, 7) is 4.05. The maximum Gasteiger partial charge on any atom is 0.0643 e. The molecule has 0 saturated heterocycles. The van der Waals surface area contributed by atoms with Crippen molar-refractivity contribution in [2.75, 3.05) is 11.1 Å². The Balaban J connectivity index is 2.38. The van der Waals surface area contributed by atoms with Crippen molar-refractivity contribution < 1.29 is 0 Å². The predicted octanol–water partition coefficient (Wildman–Crippen LogP) is 4.28. The highest BCUT2D eigenvalue weighted by Gasteiger charge is 2.05. The second kappa shape index (κ2) is 4.68. The SMILES string of the molecule is Cc1cc(N)ccc1Nc1c(C)cccc1Cl. The molecule has 0 heterocycles. The van der Waals surface area contributed by atoms with Gasteiger partial charge in [0.05, 0.1) is 10.7 Å². The maximum atomic E-state index is 6.18. The number of anilines is 3. The number of nitrogen functional groups attached to an aromatic ring is 1. The third-order valence-corrected chi connectivity index (χ3v) is 3.05. The van der Waals surface area contributed by atoms with E-state index in [4.69, 9.17) is 17.3 Å². The Hall–Kier alpha value is -1.67. The molecule has 0 aliphatic heterocycles. The predicted molar refractivity (Wildman–Crippen MR) is 75.1 cm³/mol. The molecular formula is C14H15ClN2. The Morgan fingerprint density at radius 1 is 1.06 bits per heavy atom. The number of rotatable bonds is 2. The molecule has 0 saturated carbocycles. The lowest BCUT2D eigenvalue weighted by molar-refractivity contribution is 1.39. The molecule has 0 radical (unpaired) electrons. The molecule has 2 nitrogen and oxygen atoms in total. The van der Waals surface area contributed by atoms with E-state index in [2.05, 4.69) is 5.32 Å². The van der Waals surface area contributed by atoms with E-state index < -0.39 is 0 Å². The zero-order valence-electron chi connectivity index (χ0n) is 9.92. The zero-order valence-corrected chi connectivity index (χ0v) is 10.7. The largest absolute Gasteiger partial charge is 0.399 e. The van der Waals surface area contributed by atoms with Crippen molar-refractivity contribution in [1.82, 2.24) is 0 Å². The van der Waals surface area contributed by atoms with Crippen molar-refractivity contribution in [3.63, 3.8) is 0 Å². The number of para-hydroxylation sites is 1. The first-order chi connectivity index (χ1) is 8.08. The number of hydrogen-bond donors (Lipinski definition) is 2. The third-order valence-electron chi connectivity index (χ3n) is 2.73. The molecule has 0 fully saturated rings. The fourth-order valence-corrected chi connectivity index (χ4v) is 2.02. The Labute approximate surface area is 106 Å². The Morgan fingerprint density at radius 2 is 1.82 bits per heavy atom. The molecule has 0 amide bonds. The van der Waals surface area contributed by atoms with Crippen LogP contribution in [0.3, 0.4) is 0 Å². The number of nitrogens with one attached hydrogen (secondary N) is 1. The first-order valence-electron chi connectivity index (χ1n) is 5.46. The highest BCUT2D eigenvalue weighted by atomic mass is 35.5. The highest BCUT2D eigenvalue weighted by molar-refractivity contribution is 6.33. The van der Waals surface area contributed by atoms with Gasteiger partial charge in [0, 0.05) is 11.4 Å². The van der Waals surface area contributed by atoms with E-state index in [1.165, 1.54) is 0 Å². The quantitative estimate of drug-likeness (QED) is 0.776. The summed E-state index contributed by atoms with van der Waals surface area (Å²) in [6.07, 6.45) is 0. The molecule has 0 aromatic heterocycles. The van der Waals surface area contributed by atoms with Gasteiger partial charge in [-0.3, -0.25) is 0 Å². The molecule has 0 unspecified atom stereocenters. The molecule has 0 bridgehead atoms. The molecule has 3 N–H and O–H groups in total. The Bertz CT molecular complexity index is 530. The van der Waals surface area contributed by atoms with Gasteiger partial charge in [-0.25, -0.2) is 0 Å². The van der Waals surface area contributed by atoms with Gasteiger partial charge in [0.25, 0.3) is 0 Å². The fourth-order valence-electron chi connectivity index (χ4n) is 1.75. The number of hydrogen-bond acceptors (Lipinski definition) is 2. The second-order valence-electron chi connectivity index (χ2n) is 4.13. The summed E-state index contributed by atoms with van der Waals surface area (Å²) >= 11 is 6.18. The van der Waals surface area contributed by atoms with Crippen LogP contribution >= 0.6 is 11.6 Å². The summed E-state index contributed by atoms with van der Waals surface area (Å²) in [6, 6.07) is 11.6. The number of nitrogens with two attached hydrogens (primary N) is 1. The smallest absolute Gasteiger partial charge is 0.0643 e. The van der Waals surface area contributed by atoms with E-state index in [-0.39, 0.29) is 0 Å². The minimum absolute atomic E-state index is 0.723. The molecular weight excluding hydrogens is 232 g/mol. The van der Waals surface area contributed by atoms with E-state index >= 15 is 0 Å². The van der Waals surface area contributed by atoms with Crippen molar-refractivity contribution in [3.05, 3.63) is 52.5 Å². The van der Waals surface area contributed by atoms with Crippen LogP contribution < -0.4 is 11.1 Å². The van der Waals surface area contributed by atoms with Crippen molar-refractivity contribution in [1.29, 1.82) is 0 Å². The van der Waals surface area contributed by atoms with Gasteiger partial charge in [0.15, 0.2) is 0 Å². The molecule has 2 aromatic carbocycles. The molecule has 0 spiro atoms. The lowest BCUT2D eigenvalue weighted by atomic mass is 10.1. The average Bonchev–Trinajstić information content (AvgIpc) is 2.26. The second-order valence-corrected chi connectivity index (χ2v) is 4.54. The van der Waals surface area contributed by atoms with E-state index in [1.807, 2.05) is 50.2 Å². The van der Waals surface area contributed by atoms with Crippen LogP contribution in [0.15, 0.2) is 36.4 Å². The van der Waals surface area contributed by atoms with E-state index in [9.17, 15) is 0 Å². The monoisotopic (exact) mass is 246 g/mol. The summed E-state index contributed by atoms with van der Waals surface area (Å²) in [5.74, 6) is 0. The molecule has 2 aromatic rings. The first-order valence-corrected chi connectivity index (χ1v) is 5.84. The number of benzene rings is 2. The molecule has 0 atom stereocenters. The highest BCUT2D eigenvalue weighted by Crippen LogP contribution is 2.30. The molecule has 17 heavy (non-hydrogen) atoms. The fraction of sp³-hybridized carbons (Fsp3) is 0.143. The minimum Gasteiger partial charge on any atom is -0.399 e. The minimum atomic E-state index is 0.723. The van der Waals surface area contributed by atoms with Gasteiger partial charge >= 0.3 is 0 Å². The maximum absolute atomic E-state index is 6.18. The normalized spacial score (nSPS) is 10.3. The lowest BCUT2D eigenvalue weighted by Crippen LogP contribution is -1.97. The van der Waals surface area contributed by atoms with Crippen LogP contribution in [0.4, 0.5) is 17.1 Å². The lowest BCUT2D eigenvalue weighted by Gasteiger charge is -2.13. The van der Waals surface area contributed by atoms with E-state index in [0.29, 0.717) is 0 Å². The number of aryl methyl sites for hydroxylation is 2. The van der Waals surface area contributed by atoms with E-state index in [0.717, 1.165) is 33.2 Å². The van der Waals surface area contributed by atoms with Crippen LogP contribution in [-0.4, -0.2) is 0 Å². The van der Waals surface area contributed by atoms with Gasteiger partial charge in [-0.15, -0.1) is 0 Å². The van der Waals surface area contributed by atoms with Gasteiger partial charge in [0.1, 0.15) is 0 Å². The summed E-state index contributed by atoms with van der Waals surface area (Å²) in [4.78, 5) is 0.